The van der Waals surface area contributed by atoms with Gasteiger partial charge in [-0.15, -0.1) is 11.3 Å². The van der Waals surface area contributed by atoms with Crippen LogP contribution in [0.4, 0.5) is 5.13 Å². The van der Waals surface area contributed by atoms with Gasteiger partial charge in [-0.25, -0.2) is 4.98 Å². The Labute approximate surface area is 182 Å². The number of carbonyl (C=O) groups is 1. The van der Waals surface area contributed by atoms with Gasteiger partial charge in [0.25, 0.3) is 0 Å². The van der Waals surface area contributed by atoms with Crippen LogP contribution in [0, 0.1) is 0 Å². The molecule has 1 aromatic carbocycles. The Balaban J connectivity index is 1.51. The number of ether oxygens (including phenoxy) is 1. The lowest BCUT2D eigenvalue weighted by atomic mass is 9.91. The molecule has 7 heteroatoms. The monoisotopic (exact) mass is 429 g/mol. The van der Waals surface area contributed by atoms with E-state index in [1.165, 1.54) is 5.56 Å². The second-order valence-electron chi connectivity index (χ2n) is 8.46. The van der Waals surface area contributed by atoms with Gasteiger partial charge >= 0.3 is 0 Å². The molecule has 0 saturated heterocycles. The zero-order valence-electron chi connectivity index (χ0n) is 17.8. The number of benzene rings is 1. The smallest absolute Gasteiger partial charge is 0.225 e. The van der Waals surface area contributed by atoms with E-state index in [4.69, 9.17) is 9.72 Å². The number of amides is 1. The van der Waals surface area contributed by atoms with Gasteiger partial charge in [-0.2, -0.15) is 0 Å². The normalized spacial score (nSPS) is 21.6. The molecule has 1 amide bonds. The maximum Gasteiger partial charge on any atom is 0.225 e. The third kappa shape index (κ3) is 5.20. The van der Waals surface area contributed by atoms with Crippen LogP contribution >= 0.6 is 11.3 Å². The molecule has 2 aromatic rings. The van der Waals surface area contributed by atoms with Gasteiger partial charge in [0.1, 0.15) is 5.75 Å². The summed E-state index contributed by atoms with van der Waals surface area (Å²) in [6.07, 6.45) is 5.64. The predicted octanol–water partition coefficient (Wildman–Crippen LogP) is 3.97. The Bertz CT molecular complexity index is 859. The zero-order valence-corrected chi connectivity index (χ0v) is 18.6. The summed E-state index contributed by atoms with van der Waals surface area (Å²) in [5, 5.41) is 12.9. The van der Waals surface area contributed by atoms with Crippen LogP contribution in [0.1, 0.15) is 56.7 Å². The summed E-state index contributed by atoms with van der Waals surface area (Å²) in [5.41, 5.74) is 2.22. The first kappa shape index (κ1) is 21.3. The number of aliphatic hydroxyl groups excluding tert-OH is 1. The van der Waals surface area contributed by atoms with E-state index in [1.54, 1.807) is 25.4 Å². The Hall–Kier alpha value is -1.96. The van der Waals surface area contributed by atoms with E-state index in [2.05, 4.69) is 22.4 Å². The molecule has 0 aliphatic heterocycles. The van der Waals surface area contributed by atoms with E-state index in [0.717, 1.165) is 68.2 Å². The summed E-state index contributed by atoms with van der Waals surface area (Å²) < 4.78 is 5.39. The molecular weight excluding hydrogens is 398 g/mol. The highest BCUT2D eigenvalue weighted by Gasteiger charge is 2.34. The second-order valence-corrected chi connectivity index (χ2v) is 9.30. The van der Waals surface area contributed by atoms with Gasteiger partial charge in [-0.3, -0.25) is 14.6 Å². The van der Waals surface area contributed by atoms with E-state index < -0.39 is 0 Å². The van der Waals surface area contributed by atoms with Crippen LogP contribution in [0.25, 0.3) is 0 Å². The minimum Gasteiger partial charge on any atom is -0.497 e. The first-order valence-electron chi connectivity index (χ1n) is 10.8. The molecule has 30 heavy (non-hydrogen) atoms. The third-order valence-corrected chi connectivity index (χ3v) is 6.95. The summed E-state index contributed by atoms with van der Waals surface area (Å²) in [5.74, 6) is 0.942. The average Bonchev–Trinajstić information content (AvgIpc) is 3.46. The number of methoxy groups -OCH3 is 1. The summed E-state index contributed by atoms with van der Waals surface area (Å²) in [6.45, 7) is 3.18. The van der Waals surface area contributed by atoms with Crippen LogP contribution in [-0.2, 0) is 17.9 Å². The zero-order chi connectivity index (χ0) is 21.1. The Morgan fingerprint density at radius 2 is 1.90 bits per heavy atom. The second kappa shape index (κ2) is 9.45. The highest BCUT2D eigenvalue weighted by molar-refractivity contribution is 7.14. The van der Waals surface area contributed by atoms with E-state index >= 15 is 0 Å². The highest BCUT2D eigenvalue weighted by atomic mass is 32.1. The van der Waals surface area contributed by atoms with Crippen molar-refractivity contribution in [3.63, 3.8) is 0 Å². The Kier molecular flexibility index (Phi) is 6.71. The maximum absolute atomic E-state index is 12.1. The van der Waals surface area contributed by atoms with Crippen molar-refractivity contribution < 1.29 is 14.6 Å². The molecule has 162 valence electrons. The van der Waals surface area contributed by atoms with Gasteiger partial charge in [0, 0.05) is 37.5 Å². The number of nitrogens with zero attached hydrogens (tertiary/aromatic N) is 3. The van der Waals surface area contributed by atoms with Crippen molar-refractivity contribution in [2.45, 2.75) is 76.7 Å². The third-order valence-electron chi connectivity index (χ3n) is 6.06. The van der Waals surface area contributed by atoms with Gasteiger partial charge in [-0.1, -0.05) is 12.1 Å². The Morgan fingerprint density at radius 1 is 1.17 bits per heavy atom. The van der Waals surface area contributed by atoms with E-state index in [-0.39, 0.29) is 12.0 Å². The molecule has 6 nitrogen and oxygen atoms in total. The first-order valence-corrected chi connectivity index (χ1v) is 11.7. The van der Waals surface area contributed by atoms with Crippen LogP contribution in [0.2, 0.25) is 0 Å². The maximum atomic E-state index is 12.1. The largest absolute Gasteiger partial charge is 0.497 e. The van der Waals surface area contributed by atoms with Crippen LogP contribution in [-0.4, -0.2) is 46.2 Å². The summed E-state index contributed by atoms with van der Waals surface area (Å²) >= 11 is 1.56. The van der Waals surface area contributed by atoms with Crippen molar-refractivity contribution in [1.82, 2.24) is 9.88 Å². The molecule has 4 rings (SSSR count). The van der Waals surface area contributed by atoms with E-state index in [9.17, 15) is 9.90 Å². The Morgan fingerprint density at radius 3 is 2.57 bits per heavy atom. The number of carbonyl (C=O) groups excluding carboxylic acids is 1. The van der Waals surface area contributed by atoms with Gasteiger partial charge in [0.15, 0.2) is 5.13 Å². The number of hydrogen-bond donors (Lipinski definition) is 1. The fourth-order valence-corrected chi connectivity index (χ4v) is 5.24. The van der Waals surface area contributed by atoms with Gasteiger partial charge in [0.05, 0.1) is 18.9 Å². The number of aliphatic hydroxyl groups is 1. The standard InChI is InChI=1S/C23H31N3O3S/c1-16(27)26(20-6-7-20)23-24-18(15-30-23)14-25(19-8-10-21(28)11-9-19)13-17-4-3-5-22(12-17)29-2/h3-5,12,15,19-21,28H,6-11,13-14H2,1-2H3. The number of hydrogen-bond acceptors (Lipinski definition) is 6. The van der Waals surface area contributed by atoms with Crippen molar-refractivity contribution in [2.24, 2.45) is 0 Å². The van der Waals surface area contributed by atoms with Crippen molar-refractivity contribution in [3.05, 3.63) is 40.9 Å². The quantitative estimate of drug-likeness (QED) is 0.688. The number of aromatic nitrogens is 1. The molecule has 0 radical (unpaired) electrons. The molecule has 0 atom stereocenters. The molecule has 2 fully saturated rings. The fourth-order valence-electron chi connectivity index (χ4n) is 4.31. The minimum absolute atomic E-state index is 0.0768. The lowest BCUT2D eigenvalue weighted by Crippen LogP contribution is -2.38. The lowest BCUT2D eigenvalue weighted by molar-refractivity contribution is -0.116. The lowest BCUT2D eigenvalue weighted by Gasteiger charge is -2.35. The number of anilines is 1. The van der Waals surface area contributed by atoms with E-state index in [0.29, 0.717) is 12.1 Å². The SMILES string of the molecule is COc1cccc(CN(Cc2csc(N(C(C)=O)C3CC3)n2)C2CCC(O)CC2)c1. The minimum atomic E-state index is -0.173. The molecule has 2 saturated carbocycles. The first-order chi connectivity index (χ1) is 14.5. The van der Waals surface area contributed by atoms with Crippen molar-refractivity contribution in [2.75, 3.05) is 12.0 Å². The number of rotatable bonds is 8. The van der Waals surface area contributed by atoms with Crippen LogP contribution in [0.15, 0.2) is 29.6 Å². The van der Waals surface area contributed by atoms with Crippen LogP contribution in [0.3, 0.4) is 0 Å². The van der Waals surface area contributed by atoms with Crippen molar-refractivity contribution >= 4 is 22.4 Å². The van der Waals surface area contributed by atoms with Crippen LogP contribution in [0.5, 0.6) is 5.75 Å². The molecule has 2 aliphatic rings. The predicted molar refractivity (Wildman–Crippen MR) is 119 cm³/mol. The molecule has 0 bridgehead atoms. The average molecular weight is 430 g/mol. The molecule has 1 heterocycles. The van der Waals surface area contributed by atoms with Gasteiger partial charge in [-0.05, 0) is 56.2 Å². The van der Waals surface area contributed by atoms with Crippen molar-refractivity contribution in [3.8, 4) is 5.75 Å². The molecule has 0 unspecified atom stereocenters. The molecule has 2 aliphatic carbocycles. The van der Waals surface area contributed by atoms with Crippen molar-refractivity contribution in [1.29, 1.82) is 0 Å². The molecule has 1 aromatic heterocycles. The summed E-state index contributed by atoms with van der Waals surface area (Å²) in [6, 6.07) is 8.95. The van der Waals surface area contributed by atoms with Gasteiger partial charge in [0.2, 0.25) is 5.91 Å². The summed E-state index contributed by atoms with van der Waals surface area (Å²) in [4.78, 5) is 21.2. The fraction of sp³-hybridized carbons (Fsp3) is 0.565. The number of thiazole rings is 1. The molecule has 1 N–H and O–H groups in total. The molecular formula is C23H31N3O3S. The van der Waals surface area contributed by atoms with E-state index in [1.807, 2.05) is 17.0 Å². The molecule has 0 spiro atoms. The summed E-state index contributed by atoms with van der Waals surface area (Å²) in [7, 11) is 1.69. The van der Waals surface area contributed by atoms with Gasteiger partial charge < -0.3 is 9.84 Å². The highest BCUT2D eigenvalue weighted by Crippen LogP contribution is 2.34. The van der Waals surface area contributed by atoms with Crippen LogP contribution < -0.4 is 9.64 Å². The topological polar surface area (TPSA) is 65.9 Å².